The van der Waals surface area contributed by atoms with Crippen molar-refractivity contribution in [3.8, 4) is 0 Å². The fourth-order valence-electron chi connectivity index (χ4n) is 3.61. The van der Waals surface area contributed by atoms with Gasteiger partial charge in [0.2, 0.25) is 0 Å². The predicted molar refractivity (Wildman–Crippen MR) is 157 cm³/mol. The van der Waals surface area contributed by atoms with Crippen molar-refractivity contribution in [1.29, 1.82) is 0 Å². The minimum atomic E-state index is -4.48. The number of quaternary nitrogens is 1. The van der Waals surface area contributed by atoms with Gasteiger partial charge in [0, 0.05) is 13.0 Å². The highest BCUT2D eigenvalue weighted by Gasteiger charge is 2.20. The number of hydrogen-bond acceptors (Lipinski definition) is 7. The number of allylic oxidation sites excluding steroid dienone is 4. The summed E-state index contributed by atoms with van der Waals surface area (Å²) >= 11 is 0. The average molecular weight is 576 g/mol. The molecule has 0 aliphatic rings. The lowest BCUT2D eigenvalue weighted by atomic mass is 10.1. The van der Waals surface area contributed by atoms with Crippen LogP contribution in [0.25, 0.3) is 0 Å². The van der Waals surface area contributed by atoms with Gasteiger partial charge in [-0.15, -0.1) is 0 Å². The molecule has 0 aromatic carbocycles. The van der Waals surface area contributed by atoms with Gasteiger partial charge >= 0.3 is 5.97 Å². The van der Waals surface area contributed by atoms with E-state index in [1.54, 1.807) is 0 Å². The largest absolute Gasteiger partial charge is 0.756 e. The van der Waals surface area contributed by atoms with Gasteiger partial charge < -0.3 is 27.9 Å². The normalized spacial score (nSPS) is 14.7. The van der Waals surface area contributed by atoms with E-state index in [-0.39, 0.29) is 26.2 Å². The first-order valence-electron chi connectivity index (χ1n) is 15.1. The Balaban J connectivity index is 4.00. The van der Waals surface area contributed by atoms with Crippen LogP contribution in [0.5, 0.6) is 0 Å². The minimum absolute atomic E-state index is 0.0224. The lowest BCUT2D eigenvalue weighted by Gasteiger charge is -2.28. The van der Waals surface area contributed by atoms with Crippen molar-refractivity contribution >= 4 is 13.8 Å². The Bertz CT molecular complexity index is 691. The second-order valence-electron chi connectivity index (χ2n) is 11.1. The smallest absolute Gasteiger partial charge is 0.306 e. The zero-order chi connectivity index (χ0) is 29.2. The molecule has 8 nitrogen and oxygen atoms in total. The molecule has 0 rings (SSSR count). The highest BCUT2D eigenvalue weighted by molar-refractivity contribution is 7.45. The highest BCUT2D eigenvalue weighted by Crippen LogP contribution is 2.38. The number of likely N-dealkylation sites (N-methyl/N-ethyl adjacent to an activating group) is 1. The molecule has 0 radical (unpaired) electrons. The Labute approximate surface area is 239 Å². The maximum Gasteiger partial charge on any atom is 0.306 e. The number of unbranched alkanes of at least 4 members (excludes halogenated alkanes) is 9. The molecule has 0 aromatic rings. The number of carbonyl (C=O) groups excluding carboxylic acids is 1. The fraction of sp³-hybridized carbons (Fsp3) is 0.833. The number of ether oxygens (including phenoxy) is 2. The van der Waals surface area contributed by atoms with E-state index >= 15 is 0 Å². The number of hydrogen-bond donors (Lipinski definition) is 0. The van der Waals surface area contributed by atoms with Gasteiger partial charge in [0.25, 0.3) is 7.82 Å². The first kappa shape index (κ1) is 38.0. The topological polar surface area (TPSA) is 94.1 Å². The summed E-state index contributed by atoms with van der Waals surface area (Å²) < 4.78 is 33.6. The van der Waals surface area contributed by atoms with E-state index in [2.05, 4.69) is 31.2 Å². The Hall–Kier alpha value is -1.02. The molecule has 39 heavy (non-hydrogen) atoms. The lowest BCUT2D eigenvalue weighted by Crippen LogP contribution is -2.37. The van der Waals surface area contributed by atoms with Crippen molar-refractivity contribution in [3.05, 3.63) is 24.3 Å². The van der Waals surface area contributed by atoms with Gasteiger partial charge in [0.1, 0.15) is 19.3 Å². The summed E-state index contributed by atoms with van der Waals surface area (Å²) in [4.78, 5) is 24.0. The van der Waals surface area contributed by atoms with E-state index in [1.807, 2.05) is 28.1 Å². The standard InChI is InChI=1S/C30H58NO7P/c1-6-8-9-10-11-12-13-14-15-16-17-18-19-20-21-22-25-35-27-29(38-30(32)23-7-2)28-37-39(33,34)36-26-24-31(3,4)5/h11-12,14-15,29H,6-10,13,16-28H2,1-5H3/b12-11-,15-14-. The molecule has 230 valence electrons. The number of phosphoric ester groups is 1. The minimum Gasteiger partial charge on any atom is -0.756 e. The molecule has 0 saturated carbocycles. The Morgan fingerprint density at radius 1 is 0.795 bits per heavy atom. The first-order valence-corrected chi connectivity index (χ1v) is 16.5. The zero-order valence-corrected chi connectivity index (χ0v) is 26.5. The summed E-state index contributed by atoms with van der Waals surface area (Å²) in [6.07, 6.45) is 23.3. The second-order valence-corrected chi connectivity index (χ2v) is 12.5. The molecular weight excluding hydrogens is 517 g/mol. The van der Waals surface area contributed by atoms with Gasteiger partial charge in [-0.3, -0.25) is 9.36 Å². The third-order valence-electron chi connectivity index (χ3n) is 5.98. The average Bonchev–Trinajstić information content (AvgIpc) is 2.85. The Kier molecular flexibility index (Phi) is 24.1. The van der Waals surface area contributed by atoms with Gasteiger partial charge in [-0.25, -0.2) is 0 Å². The molecule has 0 saturated heterocycles. The number of nitrogens with zero attached hydrogens (tertiary/aromatic N) is 1. The summed E-state index contributed by atoms with van der Waals surface area (Å²) in [7, 11) is 1.34. The highest BCUT2D eigenvalue weighted by atomic mass is 31.2. The molecule has 0 N–H and O–H groups in total. The number of esters is 1. The fourth-order valence-corrected chi connectivity index (χ4v) is 4.34. The molecular formula is C30H58NO7P. The van der Waals surface area contributed by atoms with Crippen molar-refractivity contribution in [3.63, 3.8) is 0 Å². The van der Waals surface area contributed by atoms with Crippen LogP contribution in [0.3, 0.4) is 0 Å². The van der Waals surface area contributed by atoms with Gasteiger partial charge in [-0.2, -0.15) is 0 Å². The monoisotopic (exact) mass is 575 g/mol. The van der Waals surface area contributed by atoms with Crippen LogP contribution in [-0.2, 0) is 27.9 Å². The summed E-state index contributed by atoms with van der Waals surface area (Å²) in [5, 5.41) is 0. The zero-order valence-electron chi connectivity index (χ0n) is 25.6. The van der Waals surface area contributed by atoms with Crippen LogP contribution in [0.1, 0.15) is 104 Å². The van der Waals surface area contributed by atoms with Gasteiger partial charge in [-0.1, -0.05) is 76.7 Å². The quantitative estimate of drug-likeness (QED) is 0.0352. The molecule has 0 fully saturated rings. The molecule has 0 aliphatic heterocycles. The van der Waals surface area contributed by atoms with E-state index in [1.165, 1.54) is 44.9 Å². The summed E-state index contributed by atoms with van der Waals surface area (Å²) in [6.45, 7) is 4.96. The second kappa shape index (κ2) is 24.8. The molecule has 2 unspecified atom stereocenters. The first-order chi connectivity index (χ1) is 18.6. The number of carbonyl (C=O) groups is 1. The molecule has 0 bridgehead atoms. The van der Waals surface area contributed by atoms with Crippen molar-refractivity contribution < 1.29 is 37.3 Å². The van der Waals surface area contributed by atoms with E-state index < -0.39 is 19.9 Å². The maximum absolute atomic E-state index is 12.1. The van der Waals surface area contributed by atoms with Crippen molar-refractivity contribution in [2.75, 3.05) is 54.1 Å². The van der Waals surface area contributed by atoms with Crippen molar-refractivity contribution in [2.45, 2.75) is 110 Å². The lowest BCUT2D eigenvalue weighted by molar-refractivity contribution is -0.870. The van der Waals surface area contributed by atoms with Crippen LogP contribution in [-0.4, -0.2) is 70.7 Å². The van der Waals surface area contributed by atoms with Crippen LogP contribution >= 0.6 is 7.82 Å². The number of phosphoric acid groups is 1. The van der Waals surface area contributed by atoms with Crippen molar-refractivity contribution in [1.82, 2.24) is 0 Å². The maximum atomic E-state index is 12.1. The van der Waals surface area contributed by atoms with Crippen LogP contribution in [0.4, 0.5) is 0 Å². The van der Waals surface area contributed by atoms with E-state index in [4.69, 9.17) is 18.5 Å². The third-order valence-corrected chi connectivity index (χ3v) is 6.94. The van der Waals surface area contributed by atoms with Gasteiger partial charge in [0.05, 0.1) is 34.4 Å². The molecule has 0 aromatic heterocycles. The van der Waals surface area contributed by atoms with Gasteiger partial charge in [-0.05, 0) is 44.9 Å². The van der Waals surface area contributed by atoms with Crippen LogP contribution in [0.2, 0.25) is 0 Å². The van der Waals surface area contributed by atoms with Crippen LogP contribution in [0.15, 0.2) is 24.3 Å². The Morgan fingerprint density at radius 2 is 1.41 bits per heavy atom. The van der Waals surface area contributed by atoms with E-state index in [0.717, 1.165) is 32.1 Å². The molecule has 9 heteroatoms. The molecule has 2 atom stereocenters. The predicted octanol–water partition coefficient (Wildman–Crippen LogP) is 6.74. The molecule has 0 amide bonds. The third kappa shape index (κ3) is 28.3. The Morgan fingerprint density at radius 3 is 2.03 bits per heavy atom. The SMILES string of the molecule is CCCCC/C=C\C/C=C\CCCCCCCCOCC(COP(=O)([O-])OCC[N+](C)(C)C)OC(=O)CCC. The molecule has 0 aliphatic carbocycles. The van der Waals surface area contributed by atoms with E-state index in [9.17, 15) is 14.3 Å². The van der Waals surface area contributed by atoms with Crippen LogP contribution in [0, 0.1) is 0 Å². The van der Waals surface area contributed by atoms with Gasteiger partial charge in [0.15, 0.2) is 0 Å². The summed E-state index contributed by atoms with van der Waals surface area (Å²) in [6, 6.07) is 0. The van der Waals surface area contributed by atoms with Crippen molar-refractivity contribution in [2.24, 2.45) is 0 Å². The van der Waals surface area contributed by atoms with Crippen LogP contribution < -0.4 is 4.89 Å². The number of rotatable bonds is 27. The summed E-state index contributed by atoms with van der Waals surface area (Å²) in [5.41, 5.74) is 0. The molecule has 0 spiro atoms. The van der Waals surface area contributed by atoms with E-state index in [0.29, 0.717) is 24.1 Å². The molecule has 0 heterocycles. The summed E-state index contributed by atoms with van der Waals surface area (Å²) in [5.74, 6) is -0.393.